The van der Waals surface area contributed by atoms with Crippen LogP contribution in [0.25, 0.3) is 0 Å². The molecule has 8 atom stereocenters. The minimum atomic E-state index is -0.296. The van der Waals surface area contributed by atoms with E-state index in [1.54, 1.807) is 5.57 Å². The van der Waals surface area contributed by atoms with Gasteiger partial charge in [0.1, 0.15) is 6.61 Å². The lowest BCUT2D eigenvalue weighted by atomic mass is 9.47. The molecule has 0 N–H and O–H groups in total. The SMILES string of the molecule is CCOC(=O)COCCO[C@H]1CC[C@@]2(C)C(=CC[C@H]3[C@@H]4CC[C@H]([C@H](C)CCCC(C)C)[C@@]4(C)CC[C@@H]32)C1. The summed E-state index contributed by atoms with van der Waals surface area (Å²) in [6, 6.07) is 0. The first-order valence-corrected chi connectivity index (χ1v) is 15.7. The first-order chi connectivity index (χ1) is 17.7. The van der Waals surface area contributed by atoms with E-state index in [1.807, 2.05) is 6.92 Å². The largest absolute Gasteiger partial charge is 0.464 e. The number of rotatable bonds is 12. The van der Waals surface area contributed by atoms with Crippen LogP contribution in [0.15, 0.2) is 11.6 Å². The number of hydrogen-bond acceptors (Lipinski definition) is 4. The Bertz CT molecular complexity index is 789. The fraction of sp³-hybridized carbons (Fsp3) is 0.909. The maximum atomic E-state index is 11.4. The third-order valence-electron chi connectivity index (χ3n) is 11.4. The molecule has 37 heavy (non-hydrogen) atoms. The fourth-order valence-corrected chi connectivity index (χ4v) is 9.43. The molecule has 4 aliphatic carbocycles. The molecule has 0 aromatic carbocycles. The summed E-state index contributed by atoms with van der Waals surface area (Å²) in [7, 11) is 0. The standard InChI is InChI=1S/C33H56O4/c1-7-36-31(34)22-35-19-20-37-26-15-17-32(5)25(21-26)11-12-27-29-14-13-28(24(4)10-8-9-23(2)3)33(29,6)18-16-30(27)32/h11,23-24,26-30H,7-10,12-22H2,1-6H3/t24-,26+,27+,28-,29+,30+,32+,33-/m1/s1. The van der Waals surface area contributed by atoms with Crippen LogP contribution in [0.5, 0.6) is 0 Å². The smallest absolute Gasteiger partial charge is 0.332 e. The minimum Gasteiger partial charge on any atom is -0.464 e. The number of allylic oxidation sites excluding steroid dienone is 1. The van der Waals surface area contributed by atoms with Crippen LogP contribution in [-0.2, 0) is 19.0 Å². The van der Waals surface area contributed by atoms with Crippen molar-refractivity contribution in [2.75, 3.05) is 26.4 Å². The summed E-state index contributed by atoms with van der Waals surface area (Å²) in [4.78, 5) is 11.4. The summed E-state index contributed by atoms with van der Waals surface area (Å²) in [5.74, 6) is 5.01. The number of carbonyl (C=O) groups excluding carboxylic acids is 1. The monoisotopic (exact) mass is 516 g/mol. The van der Waals surface area contributed by atoms with Gasteiger partial charge in [0, 0.05) is 0 Å². The van der Waals surface area contributed by atoms with Crippen LogP contribution >= 0.6 is 0 Å². The van der Waals surface area contributed by atoms with Crippen LogP contribution in [0.1, 0.15) is 112 Å². The average Bonchev–Trinajstić information content (AvgIpc) is 3.21. The van der Waals surface area contributed by atoms with E-state index >= 15 is 0 Å². The molecule has 0 unspecified atom stereocenters. The molecule has 3 fully saturated rings. The van der Waals surface area contributed by atoms with Gasteiger partial charge in [0.2, 0.25) is 0 Å². The van der Waals surface area contributed by atoms with Gasteiger partial charge in [-0.05, 0) is 105 Å². The molecule has 212 valence electrons. The predicted molar refractivity (Wildman–Crippen MR) is 150 cm³/mol. The fourth-order valence-electron chi connectivity index (χ4n) is 9.43. The Labute approximate surface area is 227 Å². The third-order valence-corrected chi connectivity index (χ3v) is 11.4. The summed E-state index contributed by atoms with van der Waals surface area (Å²) < 4.78 is 16.6. The van der Waals surface area contributed by atoms with Crippen LogP contribution in [-0.4, -0.2) is 38.5 Å². The Kier molecular flexibility index (Phi) is 9.87. The first kappa shape index (κ1) is 29.1. The molecular formula is C33H56O4. The predicted octanol–water partition coefficient (Wildman–Crippen LogP) is 7.99. The first-order valence-electron chi connectivity index (χ1n) is 15.7. The van der Waals surface area contributed by atoms with Crippen molar-refractivity contribution in [1.29, 1.82) is 0 Å². The Morgan fingerprint density at radius 2 is 1.84 bits per heavy atom. The lowest BCUT2D eigenvalue weighted by molar-refractivity contribution is -0.149. The van der Waals surface area contributed by atoms with E-state index in [2.05, 4.69) is 40.7 Å². The summed E-state index contributed by atoms with van der Waals surface area (Å²) >= 11 is 0. The van der Waals surface area contributed by atoms with Gasteiger partial charge in [0.15, 0.2) is 0 Å². The zero-order valence-corrected chi connectivity index (χ0v) is 24.9. The van der Waals surface area contributed by atoms with Crippen molar-refractivity contribution < 1.29 is 19.0 Å². The Morgan fingerprint density at radius 1 is 1.03 bits per heavy atom. The molecule has 0 aromatic rings. The zero-order valence-electron chi connectivity index (χ0n) is 24.9. The maximum absolute atomic E-state index is 11.4. The van der Waals surface area contributed by atoms with Gasteiger partial charge in [-0.1, -0.05) is 65.5 Å². The highest BCUT2D eigenvalue weighted by atomic mass is 16.6. The molecule has 0 saturated heterocycles. The minimum absolute atomic E-state index is 0.0197. The highest BCUT2D eigenvalue weighted by Crippen LogP contribution is 2.67. The Hall–Kier alpha value is -0.870. The summed E-state index contributed by atoms with van der Waals surface area (Å²) in [6.07, 6.45) is 17.7. The Balaban J connectivity index is 1.31. The third kappa shape index (κ3) is 6.32. The van der Waals surface area contributed by atoms with Crippen molar-refractivity contribution in [3.8, 4) is 0 Å². The van der Waals surface area contributed by atoms with Crippen LogP contribution in [0, 0.1) is 46.3 Å². The van der Waals surface area contributed by atoms with Crippen molar-refractivity contribution in [1.82, 2.24) is 0 Å². The van der Waals surface area contributed by atoms with E-state index in [9.17, 15) is 4.79 Å². The highest BCUT2D eigenvalue weighted by Gasteiger charge is 2.59. The molecule has 4 heteroatoms. The lowest BCUT2D eigenvalue weighted by Crippen LogP contribution is -2.51. The number of esters is 1. The van der Waals surface area contributed by atoms with Crippen molar-refractivity contribution in [3.05, 3.63) is 11.6 Å². The number of ether oxygens (including phenoxy) is 3. The quantitative estimate of drug-likeness (QED) is 0.150. The Morgan fingerprint density at radius 3 is 2.59 bits per heavy atom. The molecule has 0 bridgehead atoms. The van der Waals surface area contributed by atoms with Crippen LogP contribution < -0.4 is 0 Å². The van der Waals surface area contributed by atoms with Gasteiger partial charge in [-0.3, -0.25) is 0 Å². The molecule has 3 saturated carbocycles. The van der Waals surface area contributed by atoms with Crippen molar-refractivity contribution in [2.45, 2.75) is 118 Å². The average molecular weight is 517 g/mol. The second-order valence-electron chi connectivity index (χ2n) is 13.9. The van der Waals surface area contributed by atoms with Gasteiger partial charge < -0.3 is 14.2 Å². The number of carbonyl (C=O) groups is 1. The van der Waals surface area contributed by atoms with Crippen LogP contribution in [0.2, 0.25) is 0 Å². The number of hydrogen-bond donors (Lipinski definition) is 0. The van der Waals surface area contributed by atoms with Crippen LogP contribution in [0.3, 0.4) is 0 Å². The van der Waals surface area contributed by atoms with E-state index in [0.29, 0.717) is 36.8 Å². The van der Waals surface area contributed by atoms with Gasteiger partial charge in [0.25, 0.3) is 0 Å². The second-order valence-corrected chi connectivity index (χ2v) is 13.9. The molecule has 0 aliphatic heterocycles. The molecular weight excluding hydrogens is 460 g/mol. The van der Waals surface area contributed by atoms with E-state index in [-0.39, 0.29) is 12.6 Å². The molecule has 0 aromatic heterocycles. The van der Waals surface area contributed by atoms with E-state index < -0.39 is 0 Å². The molecule has 0 spiro atoms. The van der Waals surface area contributed by atoms with Crippen molar-refractivity contribution in [3.63, 3.8) is 0 Å². The summed E-state index contributed by atoms with van der Waals surface area (Å²) in [5.41, 5.74) is 2.60. The van der Waals surface area contributed by atoms with Gasteiger partial charge in [-0.25, -0.2) is 4.79 Å². The van der Waals surface area contributed by atoms with Crippen molar-refractivity contribution in [2.24, 2.45) is 46.3 Å². The van der Waals surface area contributed by atoms with Gasteiger partial charge in [-0.2, -0.15) is 0 Å². The van der Waals surface area contributed by atoms with Gasteiger partial charge in [-0.15, -0.1) is 0 Å². The molecule has 0 radical (unpaired) electrons. The molecule has 0 amide bonds. The normalized spacial score (nSPS) is 37.9. The molecule has 0 heterocycles. The molecule has 4 nitrogen and oxygen atoms in total. The van der Waals surface area contributed by atoms with E-state index in [4.69, 9.17) is 14.2 Å². The zero-order chi connectivity index (χ0) is 26.6. The van der Waals surface area contributed by atoms with Gasteiger partial charge >= 0.3 is 5.97 Å². The topological polar surface area (TPSA) is 44.8 Å². The summed E-state index contributed by atoms with van der Waals surface area (Å²) in [5, 5.41) is 0. The van der Waals surface area contributed by atoms with E-state index in [0.717, 1.165) is 48.3 Å². The maximum Gasteiger partial charge on any atom is 0.332 e. The van der Waals surface area contributed by atoms with Crippen LogP contribution in [0.4, 0.5) is 0 Å². The summed E-state index contributed by atoms with van der Waals surface area (Å²) in [6.45, 7) is 15.8. The van der Waals surface area contributed by atoms with E-state index in [1.165, 1.54) is 57.8 Å². The molecule has 4 rings (SSSR count). The second kappa shape index (κ2) is 12.5. The molecule has 4 aliphatic rings. The van der Waals surface area contributed by atoms with Crippen molar-refractivity contribution >= 4 is 5.97 Å². The highest BCUT2D eigenvalue weighted by molar-refractivity contribution is 5.70. The lowest BCUT2D eigenvalue weighted by Gasteiger charge is -2.58. The number of fused-ring (bicyclic) bond motifs is 5. The van der Waals surface area contributed by atoms with Gasteiger partial charge in [0.05, 0.1) is 25.9 Å².